The number of hydrogen-bond donors (Lipinski definition) is 1. The first kappa shape index (κ1) is 23.9. The van der Waals surface area contributed by atoms with Gasteiger partial charge in [0, 0.05) is 6.42 Å². The van der Waals surface area contributed by atoms with E-state index >= 15 is 0 Å². The van der Waals surface area contributed by atoms with E-state index in [9.17, 15) is 15.2 Å². The number of nitriles is 1. The third-order valence-electron chi connectivity index (χ3n) is 4.96. The fourth-order valence-electron chi connectivity index (χ4n) is 3.28. The molecule has 28 heavy (non-hydrogen) atoms. The Morgan fingerprint density at radius 1 is 1.18 bits per heavy atom. The van der Waals surface area contributed by atoms with E-state index in [2.05, 4.69) is 19.6 Å². The van der Waals surface area contributed by atoms with Crippen molar-refractivity contribution in [3.63, 3.8) is 0 Å². The maximum Gasteiger partial charge on any atom is 0.207 e. The Morgan fingerprint density at radius 3 is 2.43 bits per heavy atom. The lowest BCUT2D eigenvalue weighted by Crippen LogP contribution is -2.34. The van der Waals surface area contributed by atoms with Crippen LogP contribution in [0.25, 0.3) is 0 Å². The van der Waals surface area contributed by atoms with Crippen molar-refractivity contribution >= 4 is 5.78 Å². The molecule has 0 bridgehead atoms. The summed E-state index contributed by atoms with van der Waals surface area (Å²) >= 11 is 0. The molecular weight excluding hydrogens is 350 g/mol. The topological polar surface area (TPSA) is 70.3 Å². The molecule has 1 aromatic rings. The van der Waals surface area contributed by atoms with Gasteiger partial charge in [-0.3, -0.25) is 4.79 Å². The lowest BCUT2D eigenvalue weighted by atomic mass is 9.87. The average Bonchev–Trinajstić information content (AvgIpc) is 2.70. The minimum Gasteiger partial charge on any atom is -0.464 e. The van der Waals surface area contributed by atoms with Crippen LogP contribution in [0.3, 0.4) is 0 Å². The van der Waals surface area contributed by atoms with E-state index in [-0.39, 0.29) is 18.1 Å². The van der Waals surface area contributed by atoms with Crippen molar-refractivity contribution in [2.24, 2.45) is 11.8 Å². The number of unbranched alkanes of at least 4 members (excludes halogenated alkanes) is 6. The first-order valence-corrected chi connectivity index (χ1v) is 10.5. The summed E-state index contributed by atoms with van der Waals surface area (Å²) in [5.74, 6) is -0.568. The number of hydrogen-bond acceptors (Lipinski definition) is 4. The van der Waals surface area contributed by atoms with Crippen LogP contribution in [0, 0.1) is 23.2 Å². The Kier molecular flexibility index (Phi) is 12.7. The summed E-state index contributed by atoms with van der Waals surface area (Å²) in [5.41, 5.74) is 0. The Balaban J connectivity index is 2.61. The van der Waals surface area contributed by atoms with Crippen LogP contribution < -0.4 is 4.74 Å². The van der Waals surface area contributed by atoms with Crippen molar-refractivity contribution in [2.45, 2.75) is 77.4 Å². The van der Waals surface area contributed by atoms with Crippen LogP contribution in [-0.2, 0) is 4.79 Å². The number of benzene rings is 1. The highest BCUT2D eigenvalue weighted by Gasteiger charge is 2.30. The third kappa shape index (κ3) is 9.71. The summed E-state index contributed by atoms with van der Waals surface area (Å²) in [6.07, 6.45) is 9.55. The van der Waals surface area contributed by atoms with Crippen LogP contribution in [0.2, 0.25) is 0 Å². The molecule has 4 heteroatoms. The van der Waals surface area contributed by atoms with Crippen LogP contribution >= 0.6 is 0 Å². The smallest absolute Gasteiger partial charge is 0.207 e. The number of allylic oxidation sites excluding steroid dienone is 1. The van der Waals surface area contributed by atoms with E-state index < -0.39 is 12.2 Å². The molecule has 0 saturated carbocycles. The number of para-hydroxylation sites is 1. The lowest BCUT2D eigenvalue weighted by Gasteiger charge is -2.24. The van der Waals surface area contributed by atoms with E-state index in [1.807, 2.05) is 18.2 Å². The van der Waals surface area contributed by atoms with Gasteiger partial charge in [-0.25, -0.2) is 0 Å². The van der Waals surface area contributed by atoms with E-state index in [1.54, 1.807) is 18.2 Å². The summed E-state index contributed by atoms with van der Waals surface area (Å²) in [4.78, 5) is 12.8. The Labute approximate surface area is 170 Å². The van der Waals surface area contributed by atoms with Crippen molar-refractivity contribution in [3.8, 4) is 11.8 Å². The van der Waals surface area contributed by atoms with Gasteiger partial charge in [-0.1, -0.05) is 69.7 Å². The molecule has 1 N–H and O–H groups in total. The molecule has 0 radical (unpaired) electrons. The fraction of sp³-hybridized carbons (Fsp3) is 0.583. The minimum absolute atomic E-state index is 0.0266. The standard InChI is InChI=1S/C24H35NO3/c1-3-5-6-7-8-9-13-17-23(26)22(18-20(19-25)14-4-2)24(27)28-21-15-11-10-12-16-21/h4,10-12,15-16,20,22,24,27H,2-3,5-9,13-14,17-18H2,1H3. The van der Waals surface area contributed by atoms with Gasteiger partial charge in [-0.05, 0) is 31.4 Å². The van der Waals surface area contributed by atoms with Gasteiger partial charge in [0.25, 0.3) is 0 Å². The first-order valence-electron chi connectivity index (χ1n) is 10.5. The van der Waals surface area contributed by atoms with Gasteiger partial charge < -0.3 is 9.84 Å². The summed E-state index contributed by atoms with van der Waals surface area (Å²) < 4.78 is 5.59. The Bertz CT molecular complexity index is 594. The number of ether oxygens (including phenoxy) is 1. The van der Waals surface area contributed by atoms with E-state index in [1.165, 1.54) is 25.7 Å². The van der Waals surface area contributed by atoms with Gasteiger partial charge in [-0.15, -0.1) is 6.58 Å². The van der Waals surface area contributed by atoms with Gasteiger partial charge in [0.1, 0.15) is 11.5 Å². The number of rotatable bonds is 16. The minimum atomic E-state index is -1.25. The monoisotopic (exact) mass is 385 g/mol. The van der Waals surface area contributed by atoms with Crippen LogP contribution in [0.4, 0.5) is 0 Å². The predicted molar refractivity (Wildman–Crippen MR) is 113 cm³/mol. The summed E-state index contributed by atoms with van der Waals surface area (Å²) in [7, 11) is 0. The number of ketones is 1. The van der Waals surface area contributed by atoms with Crippen LogP contribution in [0.15, 0.2) is 43.0 Å². The highest BCUT2D eigenvalue weighted by atomic mass is 16.6. The molecule has 0 aliphatic carbocycles. The van der Waals surface area contributed by atoms with Crippen molar-refractivity contribution < 1.29 is 14.6 Å². The molecule has 0 spiro atoms. The average molecular weight is 386 g/mol. The van der Waals surface area contributed by atoms with Gasteiger partial charge in [0.2, 0.25) is 6.29 Å². The molecule has 0 heterocycles. The largest absolute Gasteiger partial charge is 0.464 e. The molecule has 1 rings (SSSR count). The Hall–Kier alpha value is -2.12. The molecule has 3 unspecified atom stereocenters. The number of nitrogens with zero attached hydrogens (tertiary/aromatic N) is 1. The highest BCUT2D eigenvalue weighted by molar-refractivity contribution is 5.81. The maximum atomic E-state index is 12.8. The number of aliphatic hydroxyl groups is 1. The second-order valence-corrected chi connectivity index (χ2v) is 7.35. The summed E-state index contributed by atoms with van der Waals surface area (Å²) in [5, 5.41) is 19.9. The Morgan fingerprint density at radius 2 is 1.82 bits per heavy atom. The zero-order chi connectivity index (χ0) is 20.6. The quantitative estimate of drug-likeness (QED) is 0.221. The zero-order valence-electron chi connectivity index (χ0n) is 17.2. The molecule has 0 saturated heterocycles. The molecule has 4 nitrogen and oxygen atoms in total. The molecule has 3 atom stereocenters. The first-order chi connectivity index (χ1) is 13.6. The van der Waals surface area contributed by atoms with Gasteiger partial charge in [0.15, 0.2) is 0 Å². The zero-order valence-corrected chi connectivity index (χ0v) is 17.2. The summed E-state index contributed by atoms with van der Waals surface area (Å²) in [6.45, 7) is 5.87. The van der Waals surface area contributed by atoms with Gasteiger partial charge in [0.05, 0.1) is 17.9 Å². The van der Waals surface area contributed by atoms with Gasteiger partial charge in [-0.2, -0.15) is 5.26 Å². The molecule has 0 amide bonds. The van der Waals surface area contributed by atoms with E-state index in [0.29, 0.717) is 18.6 Å². The second kappa shape index (κ2) is 14.9. The molecule has 1 aromatic carbocycles. The highest BCUT2D eigenvalue weighted by Crippen LogP contribution is 2.24. The second-order valence-electron chi connectivity index (χ2n) is 7.35. The van der Waals surface area contributed by atoms with Crippen LogP contribution in [0.5, 0.6) is 5.75 Å². The molecule has 0 fully saturated rings. The van der Waals surface area contributed by atoms with Crippen molar-refractivity contribution in [2.75, 3.05) is 0 Å². The molecular formula is C24H35NO3. The van der Waals surface area contributed by atoms with Crippen molar-refractivity contribution in [3.05, 3.63) is 43.0 Å². The predicted octanol–water partition coefficient (Wildman–Crippen LogP) is 5.82. The SMILES string of the molecule is C=CCC(C#N)CC(C(=O)CCCCCCCCC)C(O)Oc1ccccc1. The normalized spacial score (nSPS) is 13.9. The number of aliphatic hydroxyl groups excluding tert-OH is 1. The molecule has 0 aliphatic rings. The van der Waals surface area contributed by atoms with E-state index in [0.717, 1.165) is 19.3 Å². The maximum absolute atomic E-state index is 12.8. The van der Waals surface area contributed by atoms with Crippen molar-refractivity contribution in [1.82, 2.24) is 0 Å². The van der Waals surface area contributed by atoms with Gasteiger partial charge >= 0.3 is 0 Å². The fourth-order valence-corrected chi connectivity index (χ4v) is 3.28. The number of Topliss-reactive ketones (excluding diaryl/α,β-unsaturated/α-hetero) is 1. The van der Waals surface area contributed by atoms with Crippen LogP contribution in [0.1, 0.15) is 71.1 Å². The third-order valence-corrected chi connectivity index (χ3v) is 4.96. The molecule has 0 aromatic heterocycles. The summed E-state index contributed by atoms with van der Waals surface area (Å²) in [6, 6.07) is 11.2. The lowest BCUT2D eigenvalue weighted by molar-refractivity contribution is -0.137. The number of carbonyl (C=O) groups is 1. The molecule has 0 aliphatic heterocycles. The van der Waals surface area contributed by atoms with Crippen molar-refractivity contribution in [1.29, 1.82) is 5.26 Å². The van der Waals surface area contributed by atoms with E-state index in [4.69, 9.17) is 4.74 Å². The molecule has 154 valence electrons. The van der Waals surface area contributed by atoms with Crippen LogP contribution in [-0.4, -0.2) is 17.2 Å². The number of carbonyl (C=O) groups excluding carboxylic acids is 1.